The molecule has 50 heavy (non-hydrogen) atoms. The predicted molar refractivity (Wildman–Crippen MR) is 188 cm³/mol. The number of methoxy groups -OCH3 is 1. The second kappa shape index (κ2) is 17.5. The zero-order chi connectivity index (χ0) is 36.4. The van der Waals surface area contributed by atoms with Gasteiger partial charge in [0.2, 0.25) is 23.6 Å². The van der Waals surface area contributed by atoms with E-state index in [1.54, 1.807) is 49.2 Å². The Labute approximate surface area is 293 Å². The van der Waals surface area contributed by atoms with Crippen molar-refractivity contribution in [1.82, 2.24) is 35.9 Å². The molecule has 0 radical (unpaired) electrons. The number of aromatic nitrogens is 2. The summed E-state index contributed by atoms with van der Waals surface area (Å²) in [5.74, 6) is -2.05. The number of ether oxygens (including phenoxy) is 1. The van der Waals surface area contributed by atoms with E-state index in [0.29, 0.717) is 18.7 Å². The predicted octanol–water partition coefficient (Wildman–Crippen LogP) is 2.30. The van der Waals surface area contributed by atoms with Crippen LogP contribution < -0.4 is 26.0 Å². The third-order valence-corrected chi connectivity index (χ3v) is 8.58. The third-order valence-electron chi connectivity index (χ3n) is 8.58. The average molecular weight is 688 g/mol. The molecule has 0 aliphatic carbocycles. The first-order chi connectivity index (χ1) is 23.8. The molecule has 0 spiro atoms. The van der Waals surface area contributed by atoms with E-state index in [9.17, 15) is 24.0 Å². The minimum absolute atomic E-state index is 0.00132. The highest BCUT2D eigenvalue weighted by molar-refractivity contribution is 5.98. The summed E-state index contributed by atoms with van der Waals surface area (Å²) in [6.45, 7) is 9.29. The van der Waals surface area contributed by atoms with Gasteiger partial charge in [-0.2, -0.15) is 5.10 Å². The number of hydrogen-bond acceptors (Lipinski definition) is 7. The van der Waals surface area contributed by atoms with Gasteiger partial charge >= 0.3 is 0 Å². The molecule has 4 atom stereocenters. The highest BCUT2D eigenvalue weighted by Gasteiger charge is 2.33. The van der Waals surface area contributed by atoms with E-state index in [1.807, 2.05) is 58.0 Å². The van der Waals surface area contributed by atoms with Crippen molar-refractivity contribution in [1.29, 1.82) is 0 Å². The van der Waals surface area contributed by atoms with Crippen LogP contribution in [0.15, 0.2) is 67.0 Å². The SMILES string of the molecule is COc1ccc(C[C@@H]2NC(=O)[C@H](CC(C)C)NC(=O)CN(C(=O)c3cnn(Cc4ccccc4)c3)C[C@H](C(C)C)NC(=O)[C@@H](C)NC2=O)cc1. The van der Waals surface area contributed by atoms with E-state index < -0.39 is 53.7 Å². The summed E-state index contributed by atoms with van der Waals surface area (Å²) in [7, 11) is 1.55. The van der Waals surface area contributed by atoms with Crippen LogP contribution in [0.2, 0.25) is 0 Å². The fourth-order valence-corrected chi connectivity index (χ4v) is 5.68. The molecule has 13 heteroatoms. The molecule has 13 nitrogen and oxygen atoms in total. The number of nitrogens with zero attached hydrogens (tertiary/aromatic N) is 3. The molecule has 5 amide bonds. The highest BCUT2D eigenvalue weighted by atomic mass is 16.5. The molecule has 2 heterocycles. The summed E-state index contributed by atoms with van der Waals surface area (Å²) in [4.78, 5) is 69.8. The van der Waals surface area contributed by atoms with Crippen LogP contribution in [0.5, 0.6) is 5.75 Å². The molecule has 1 aliphatic heterocycles. The number of nitrogens with one attached hydrogen (secondary N) is 4. The topological polar surface area (TPSA) is 164 Å². The Morgan fingerprint density at radius 3 is 2.18 bits per heavy atom. The van der Waals surface area contributed by atoms with Gasteiger partial charge in [0.1, 0.15) is 23.9 Å². The summed E-state index contributed by atoms with van der Waals surface area (Å²) in [5.41, 5.74) is 2.04. The Morgan fingerprint density at radius 1 is 0.860 bits per heavy atom. The van der Waals surface area contributed by atoms with Crippen molar-refractivity contribution in [2.75, 3.05) is 20.2 Å². The lowest BCUT2D eigenvalue weighted by Gasteiger charge is -2.31. The number of amides is 5. The fraction of sp³-hybridized carbons (Fsp3) is 0.459. The molecule has 1 aliphatic rings. The summed E-state index contributed by atoms with van der Waals surface area (Å²) in [6, 6.07) is 13.2. The van der Waals surface area contributed by atoms with Gasteiger partial charge in [-0.1, -0.05) is 70.2 Å². The van der Waals surface area contributed by atoms with Gasteiger partial charge < -0.3 is 30.9 Å². The highest BCUT2D eigenvalue weighted by Crippen LogP contribution is 2.15. The van der Waals surface area contributed by atoms with Crippen LogP contribution >= 0.6 is 0 Å². The van der Waals surface area contributed by atoms with Crippen LogP contribution in [-0.4, -0.2) is 88.6 Å². The second-order valence-electron chi connectivity index (χ2n) is 13.6. The van der Waals surface area contributed by atoms with E-state index in [1.165, 1.54) is 11.1 Å². The number of hydrogen-bond donors (Lipinski definition) is 4. The van der Waals surface area contributed by atoms with Crippen molar-refractivity contribution in [3.8, 4) is 5.75 Å². The molecule has 0 saturated carbocycles. The van der Waals surface area contributed by atoms with E-state index in [-0.39, 0.29) is 36.9 Å². The molecule has 0 bridgehead atoms. The molecular weight excluding hydrogens is 638 g/mol. The maximum absolute atomic E-state index is 14.0. The van der Waals surface area contributed by atoms with Crippen LogP contribution in [0.4, 0.5) is 0 Å². The van der Waals surface area contributed by atoms with Crippen molar-refractivity contribution >= 4 is 29.5 Å². The van der Waals surface area contributed by atoms with E-state index in [2.05, 4.69) is 26.4 Å². The van der Waals surface area contributed by atoms with Crippen LogP contribution in [0.1, 0.15) is 62.5 Å². The maximum Gasteiger partial charge on any atom is 0.257 e. The first-order valence-corrected chi connectivity index (χ1v) is 17.0. The van der Waals surface area contributed by atoms with Gasteiger partial charge in [0, 0.05) is 25.2 Å². The normalized spacial score (nSPS) is 21.1. The molecule has 2 aromatic carbocycles. The Bertz CT molecular complexity index is 1620. The lowest BCUT2D eigenvalue weighted by molar-refractivity contribution is -0.133. The molecule has 4 rings (SSSR count). The van der Waals surface area contributed by atoms with Crippen LogP contribution in [0.3, 0.4) is 0 Å². The minimum Gasteiger partial charge on any atom is -0.497 e. The van der Waals surface area contributed by atoms with Crippen molar-refractivity contribution in [3.05, 3.63) is 83.7 Å². The van der Waals surface area contributed by atoms with E-state index >= 15 is 0 Å². The Kier molecular flexibility index (Phi) is 13.1. The van der Waals surface area contributed by atoms with Crippen molar-refractivity contribution < 1.29 is 28.7 Å². The zero-order valence-electron chi connectivity index (χ0n) is 29.6. The fourth-order valence-electron chi connectivity index (χ4n) is 5.68. The van der Waals surface area contributed by atoms with E-state index in [4.69, 9.17) is 4.74 Å². The third kappa shape index (κ3) is 10.6. The number of rotatable bonds is 9. The Morgan fingerprint density at radius 2 is 1.54 bits per heavy atom. The first-order valence-electron chi connectivity index (χ1n) is 17.0. The molecule has 1 saturated heterocycles. The van der Waals surface area contributed by atoms with E-state index in [0.717, 1.165) is 11.1 Å². The Balaban J connectivity index is 1.64. The van der Waals surface area contributed by atoms with Gasteiger partial charge in [-0.3, -0.25) is 28.7 Å². The van der Waals surface area contributed by atoms with Gasteiger partial charge in [0.25, 0.3) is 5.91 Å². The van der Waals surface area contributed by atoms with Crippen LogP contribution in [-0.2, 0) is 32.1 Å². The van der Waals surface area contributed by atoms with Crippen molar-refractivity contribution in [3.63, 3.8) is 0 Å². The smallest absolute Gasteiger partial charge is 0.257 e. The van der Waals surface area contributed by atoms with Gasteiger partial charge in [0.15, 0.2) is 0 Å². The van der Waals surface area contributed by atoms with Gasteiger partial charge in [-0.25, -0.2) is 0 Å². The largest absolute Gasteiger partial charge is 0.497 e. The molecule has 268 valence electrons. The summed E-state index contributed by atoms with van der Waals surface area (Å²) in [5, 5.41) is 15.7. The quantitative estimate of drug-likeness (QED) is 0.268. The lowest BCUT2D eigenvalue weighted by Crippen LogP contribution is -2.57. The monoisotopic (exact) mass is 687 g/mol. The average Bonchev–Trinajstić information content (AvgIpc) is 3.54. The molecular formula is C37H49N7O6. The van der Waals surface area contributed by atoms with Crippen molar-refractivity contribution in [2.45, 2.75) is 78.2 Å². The lowest BCUT2D eigenvalue weighted by atomic mass is 10.0. The standard InChI is InChI=1S/C37H49N7O6/c1-23(2)16-30-36(48)41-31(17-26-12-14-29(50-6)15-13-26)35(47)39-25(5)34(46)42-32(24(3)4)21-43(22-33(45)40-30)37(49)28-18-38-44(20-28)19-27-10-8-7-9-11-27/h7-15,18,20,23-25,30-32H,16-17,19,21-22H2,1-6H3,(H,39,47)(H,40,45)(H,41,48)(H,42,46)/t25-,30+,31+,32-/m1/s1. The van der Waals surface area contributed by atoms with Gasteiger partial charge in [-0.15, -0.1) is 0 Å². The number of carbonyl (C=O) groups excluding carboxylic acids is 5. The number of benzene rings is 2. The number of carbonyl (C=O) groups is 5. The van der Waals surface area contributed by atoms with Gasteiger partial charge in [0.05, 0.1) is 32.0 Å². The molecule has 1 aromatic heterocycles. The molecule has 1 fully saturated rings. The van der Waals surface area contributed by atoms with Crippen LogP contribution in [0.25, 0.3) is 0 Å². The van der Waals surface area contributed by atoms with Crippen molar-refractivity contribution in [2.24, 2.45) is 11.8 Å². The first kappa shape index (κ1) is 37.6. The molecule has 0 unspecified atom stereocenters. The maximum atomic E-state index is 14.0. The minimum atomic E-state index is -1.05. The summed E-state index contributed by atoms with van der Waals surface area (Å²) < 4.78 is 6.89. The Hall–Kier alpha value is -5.20. The van der Waals surface area contributed by atoms with Gasteiger partial charge in [-0.05, 0) is 48.4 Å². The molecule has 3 aromatic rings. The summed E-state index contributed by atoms with van der Waals surface area (Å²) in [6.07, 6.45) is 3.51. The molecule has 4 N–H and O–H groups in total. The second-order valence-corrected chi connectivity index (χ2v) is 13.6. The zero-order valence-corrected chi connectivity index (χ0v) is 29.6. The van der Waals surface area contributed by atoms with Crippen LogP contribution in [0, 0.1) is 11.8 Å². The summed E-state index contributed by atoms with van der Waals surface area (Å²) >= 11 is 0.